The smallest absolute Gasteiger partial charge is 0.254 e. The molecule has 0 aliphatic carbocycles. The SMILES string of the molecule is CN(C)C(=O)[C@@]1(CCS(=O)(=O)c2ccccc2)N=C(c2ccc(OCCCO)cc2)O[C@H]1c1ccccc1CN=[N+]=[N-]. The molecule has 0 saturated heterocycles. The van der Waals surface area contributed by atoms with Crippen molar-refractivity contribution in [3.05, 3.63) is 106 Å². The van der Waals surface area contributed by atoms with Crippen LogP contribution in [0.1, 0.15) is 35.6 Å². The summed E-state index contributed by atoms with van der Waals surface area (Å²) >= 11 is 0. The summed E-state index contributed by atoms with van der Waals surface area (Å²) < 4.78 is 38.8. The minimum Gasteiger partial charge on any atom is -0.494 e. The van der Waals surface area contributed by atoms with E-state index in [1.54, 1.807) is 80.8 Å². The first-order chi connectivity index (χ1) is 20.2. The molecule has 0 spiro atoms. The Kier molecular flexibility index (Phi) is 9.84. The van der Waals surface area contributed by atoms with Crippen LogP contribution >= 0.6 is 0 Å². The van der Waals surface area contributed by atoms with E-state index in [0.29, 0.717) is 35.5 Å². The van der Waals surface area contributed by atoms with Crippen LogP contribution in [0.15, 0.2) is 93.9 Å². The van der Waals surface area contributed by atoms with E-state index in [4.69, 9.17) is 25.1 Å². The van der Waals surface area contributed by atoms with E-state index in [9.17, 15) is 13.2 Å². The summed E-state index contributed by atoms with van der Waals surface area (Å²) in [5.74, 6) is -0.0172. The zero-order chi connectivity index (χ0) is 30.2. The van der Waals surface area contributed by atoms with Crippen LogP contribution in [0.5, 0.6) is 5.75 Å². The summed E-state index contributed by atoms with van der Waals surface area (Å²) in [6, 6.07) is 22.1. The molecular formula is C30H33N5O6S. The van der Waals surface area contributed by atoms with E-state index in [2.05, 4.69) is 10.0 Å². The first-order valence-corrected chi connectivity index (χ1v) is 15.1. The monoisotopic (exact) mass is 591 g/mol. The Balaban J connectivity index is 1.81. The molecule has 0 bridgehead atoms. The molecule has 220 valence electrons. The number of amides is 1. The van der Waals surface area contributed by atoms with Gasteiger partial charge in [0.1, 0.15) is 5.75 Å². The summed E-state index contributed by atoms with van der Waals surface area (Å²) in [6.07, 6.45) is -0.664. The van der Waals surface area contributed by atoms with Gasteiger partial charge >= 0.3 is 0 Å². The van der Waals surface area contributed by atoms with E-state index in [1.807, 2.05) is 0 Å². The molecule has 2 atom stereocenters. The third-order valence-corrected chi connectivity index (χ3v) is 8.64. The lowest BCUT2D eigenvalue weighted by Gasteiger charge is -2.33. The Morgan fingerprint density at radius 1 is 1.10 bits per heavy atom. The lowest BCUT2D eigenvalue weighted by molar-refractivity contribution is -0.137. The van der Waals surface area contributed by atoms with Crippen LogP contribution in [-0.4, -0.2) is 68.8 Å². The van der Waals surface area contributed by atoms with Crippen LogP contribution in [-0.2, 0) is 25.9 Å². The lowest BCUT2D eigenvalue weighted by Crippen LogP contribution is -2.49. The molecule has 11 nitrogen and oxygen atoms in total. The van der Waals surface area contributed by atoms with Crippen molar-refractivity contribution in [2.75, 3.05) is 33.1 Å². The van der Waals surface area contributed by atoms with Gasteiger partial charge in [0, 0.05) is 44.0 Å². The van der Waals surface area contributed by atoms with Gasteiger partial charge in [-0.2, -0.15) is 0 Å². The number of aliphatic hydroxyl groups is 1. The third-order valence-electron chi connectivity index (χ3n) is 6.91. The Morgan fingerprint density at radius 2 is 1.79 bits per heavy atom. The van der Waals surface area contributed by atoms with Crippen molar-refractivity contribution in [2.24, 2.45) is 10.1 Å². The number of azide groups is 1. The molecule has 4 rings (SSSR count). The summed E-state index contributed by atoms with van der Waals surface area (Å²) in [6.45, 7) is 0.386. The van der Waals surface area contributed by atoms with E-state index in [1.165, 1.54) is 17.0 Å². The van der Waals surface area contributed by atoms with Gasteiger partial charge in [0.15, 0.2) is 21.5 Å². The predicted molar refractivity (Wildman–Crippen MR) is 158 cm³/mol. The number of ether oxygens (including phenoxy) is 2. The van der Waals surface area contributed by atoms with Crippen LogP contribution in [0.3, 0.4) is 0 Å². The van der Waals surface area contributed by atoms with E-state index >= 15 is 0 Å². The number of aliphatic hydroxyl groups excluding tert-OH is 1. The van der Waals surface area contributed by atoms with E-state index in [0.717, 1.165) is 0 Å². The molecular weight excluding hydrogens is 558 g/mol. The third kappa shape index (κ3) is 6.73. The number of hydrogen-bond donors (Lipinski definition) is 1. The van der Waals surface area contributed by atoms with Crippen molar-refractivity contribution in [3.8, 4) is 5.75 Å². The summed E-state index contributed by atoms with van der Waals surface area (Å²) in [5, 5.41) is 12.7. The van der Waals surface area contributed by atoms with E-state index < -0.39 is 27.4 Å². The van der Waals surface area contributed by atoms with Gasteiger partial charge < -0.3 is 19.5 Å². The van der Waals surface area contributed by atoms with Gasteiger partial charge in [-0.05, 0) is 53.1 Å². The first-order valence-electron chi connectivity index (χ1n) is 13.4. The molecule has 1 aliphatic heterocycles. The van der Waals surface area contributed by atoms with Gasteiger partial charge in [-0.3, -0.25) is 4.79 Å². The fraction of sp³-hybridized carbons (Fsp3) is 0.333. The number of rotatable bonds is 13. The molecule has 0 aromatic heterocycles. The van der Waals surface area contributed by atoms with Crippen LogP contribution in [0.2, 0.25) is 0 Å². The molecule has 1 N–H and O–H groups in total. The summed E-state index contributed by atoms with van der Waals surface area (Å²) in [7, 11) is -0.594. The highest BCUT2D eigenvalue weighted by atomic mass is 32.2. The molecule has 1 heterocycles. The Morgan fingerprint density at radius 3 is 2.45 bits per heavy atom. The van der Waals surface area contributed by atoms with Crippen LogP contribution in [0.4, 0.5) is 0 Å². The maximum absolute atomic E-state index is 14.0. The first kappa shape index (κ1) is 30.6. The van der Waals surface area contributed by atoms with Crippen molar-refractivity contribution >= 4 is 21.6 Å². The molecule has 1 amide bonds. The van der Waals surface area contributed by atoms with Gasteiger partial charge in [-0.25, -0.2) is 13.4 Å². The number of aliphatic imine (C=N–C) groups is 1. The largest absolute Gasteiger partial charge is 0.494 e. The van der Waals surface area contributed by atoms with Crippen LogP contribution < -0.4 is 4.74 Å². The number of sulfone groups is 1. The molecule has 1 aliphatic rings. The minimum atomic E-state index is -3.77. The molecule has 0 unspecified atom stereocenters. The Labute approximate surface area is 245 Å². The molecule has 0 fully saturated rings. The Bertz CT molecular complexity index is 1570. The minimum absolute atomic E-state index is 0.0102. The van der Waals surface area contributed by atoms with Gasteiger partial charge in [0.2, 0.25) is 5.90 Å². The zero-order valence-corrected chi connectivity index (χ0v) is 24.3. The average molecular weight is 592 g/mol. The molecule has 3 aromatic carbocycles. The number of nitrogens with zero attached hydrogens (tertiary/aromatic N) is 5. The maximum Gasteiger partial charge on any atom is 0.254 e. The van der Waals surface area contributed by atoms with Crippen molar-refractivity contribution in [2.45, 2.75) is 35.9 Å². The molecule has 12 heteroatoms. The second-order valence-electron chi connectivity index (χ2n) is 9.96. The summed E-state index contributed by atoms with van der Waals surface area (Å²) in [5.41, 5.74) is 9.10. The fourth-order valence-electron chi connectivity index (χ4n) is 4.80. The van der Waals surface area contributed by atoms with Crippen molar-refractivity contribution in [1.29, 1.82) is 0 Å². The number of hydrogen-bond acceptors (Lipinski definition) is 8. The molecule has 0 saturated carbocycles. The highest BCUT2D eigenvalue weighted by molar-refractivity contribution is 7.91. The van der Waals surface area contributed by atoms with Gasteiger partial charge in [-0.1, -0.05) is 47.6 Å². The quantitative estimate of drug-likeness (QED) is 0.134. The number of carbonyl (C=O) groups excluding carboxylic acids is 1. The van der Waals surface area contributed by atoms with E-state index in [-0.39, 0.29) is 36.1 Å². The van der Waals surface area contributed by atoms with Gasteiger partial charge in [-0.15, -0.1) is 0 Å². The van der Waals surface area contributed by atoms with Gasteiger partial charge in [0.05, 0.1) is 23.8 Å². The fourth-order valence-corrected chi connectivity index (χ4v) is 6.18. The molecule has 42 heavy (non-hydrogen) atoms. The molecule has 3 aromatic rings. The highest BCUT2D eigenvalue weighted by Gasteiger charge is 2.54. The van der Waals surface area contributed by atoms with Crippen LogP contribution in [0, 0.1) is 0 Å². The van der Waals surface area contributed by atoms with Crippen molar-refractivity contribution in [3.63, 3.8) is 0 Å². The zero-order valence-electron chi connectivity index (χ0n) is 23.5. The van der Waals surface area contributed by atoms with Gasteiger partial charge in [0.25, 0.3) is 5.91 Å². The predicted octanol–water partition coefficient (Wildman–Crippen LogP) is 4.47. The lowest BCUT2D eigenvalue weighted by atomic mass is 9.83. The topological polar surface area (TPSA) is 154 Å². The maximum atomic E-state index is 14.0. The number of carbonyl (C=O) groups is 1. The molecule has 0 radical (unpaired) electrons. The second kappa shape index (κ2) is 13.5. The summed E-state index contributed by atoms with van der Waals surface area (Å²) in [4.78, 5) is 23.3. The number of likely N-dealkylation sites (N-methyl/N-ethyl adjacent to an activating group) is 1. The average Bonchev–Trinajstić information content (AvgIpc) is 3.40. The van der Waals surface area contributed by atoms with Crippen molar-refractivity contribution < 1.29 is 27.8 Å². The van der Waals surface area contributed by atoms with Crippen molar-refractivity contribution in [1.82, 2.24) is 4.90 Å². The normalized spacial score (nSPS) is 18.0. The number of benzene rings is 3. The van der Waals surface area contributed by atoms with Crippen LogP contribution in [0.25, 0.3) is 10.4 Å². The Hall–Kier alpha value is -4.38. The highest BCUT2D eigenvalue weighted by Crippen LogP contribution is 2.45. The standard InChI is InChI=1S/C30H33N5O6S/c1-35(2)29(37)30(17-20-42(38,39)25-10-4-3-5-11-25)27(26-12-7-6-9-23(26)21-32-34-31)41-28(33-30)22-13-15-24(16-14-22)40-19-8-18-36/h3-7,9-16,27,36H,8,17-21H2,1-2H3/t27-,30-/m0/s1. The second-order valence-corrected chi connectivity index (χ2v) is 12.1.